The lowest BCUT2D eigenvalue weighted by Gasteiger charge is -2.31. The molecule has 0 spiro atoms. The summed E-state index contributed by atoms with van der Waals surface area (Å²) >= 11 is 0. The van der Waals surface area contributed by atoms with Gasteiger partial charge in [0.2, 0.25) is 0 Å². The molecule has 0 heterocycles. The third-order valence-corrected chi connectivity index (χ3v) is 2.54. The van der Waals surface area contributed by atoms with Crippen molar-refractivity contribution in [3.8, 4) is 0 Å². The van der Waals surface area contributed by atoms with E-state index < -0.39 is 11.6 Å². The molecule has 1 aliphatic carbocycles. The molecular weight excluding hydrogens is 174 g/mol. The van der Waals surface area contributed by atoms with Crippen LogP contribution in [0.5, 0.6) is 0 Å². The fourth-order valence-electron chi connectivity index (χ4n) is 1.64. The van der Waals surface area contributed by atoms with Gasteiger partial charge in [-0.3, -0.25) is 0 Å². The molecule has 1 aliphatic rings. The average Bonchev–Trinajstić information content (AvgIpc) is 2.24. The Morgan fingerprint density at radius 2 is 1.86 bits per heavy atom. The third-order valence-electron chi connectivity index (χ3n) is 2.54. The second-order valence-corrected chi connectivity index (χ2v) is 3.49. The van der Waals surface area contributed by atoms with Crippen molar-refractivity contribution in [2.45, 2.75) is 11.6 Å². The number of aliphatic hydroxyl groups is 1. The molecule has 0 radical (unpaired) electrons. The van der Waals surface area contributed by atoms with E-state index in [-0.39, 0.29) is 0 Å². The minimum atomic E-state index is -0.782. The summed E-state index contributed by atoms with van der Waals surface area (Å²) in [5, 5.41) is 9.82. The maximum absolute atomic E-state index is 9.82. The number of hydrogen-bond donors (Lipinski definition) is 2. The van der Waals surface area contributed by atoms with Crippen molar-refractivity contribution in [2.75, 3.05) is 0 Å². The summed E-state index contributed by atoms with van der Waals surface area (Å²) in [4.78, 5) is 0. The molecule has 1 aromatic carbocycles. The third kappa shape index (κ3) is 1.39. The molecule has 14 heavy (non-hydrogen) atoms. The molecule has 3 N–H and O–H groups in total. The lowest BCUT2D eigenvalue weighted by molar-refractivity contribution is 0.152. The molecule has 2 atom stereocenters. The number of benzene rings is 1. The number of rotatable bonds is 1. The molecule has 0 saturated carbocycles. The van der Waals surface area contributed by atoms with Gasteiger partial charge in [-0.2, -0.15) is 0 Å². The van der Waals surface area contributed by atoms with Gasteiger partial charge in [0.1, 0.15) is 0 Å². The Morgan fingerprint density at radius 1 is 1.14 bits per heavy atom. The fourth-order valence-corrected chi connectivity index (χ4v) is 1.64. The summed E-state index contributed by atoms with van der Waals surface area (Å²) < 4.78 is 0. The molecule has 1 aromatic rings. The molecule has 0 aliphatic heterocycles. The Bertz CT molecular complexity index is 369. The SMILES string of the molecule is NC1(c2ccccc2)C=CC=CC1O. The first-order valence-electron chi connectivity index (χ1n) is 4.62. The number of nitrogens with two attached hydrogens (primary N) is 1. The van der Waals surface area contributed by atoms with Crippen LogP contribution < -0.4 is 5.73 Å². The highest BCUT2D eigenvalue weighted by Crippen LogP contribution is 2.26. The van der Waals surface area contributed by atoms with Gasteiger partial charge in [-0.05, 0) is 5.56 Å². The van der Waals surface area contributed by atoms with E-state index in [0.717, 1.165) is 5.56 Å². The Balaban J connectivity index is 2.42. The zero-order chi connectivity index (χ0) is 10.0. The molecule has 72 valence electrons. The molecule has 0 aromatic heterocycles. The van der Waals surface area contributed by atoms with Crippen LogP contribution in [-0.4, -0.2) is 11.2 Å². The number of allylic oxidation sites excluding steroid dienone is 2. The summed E-state index contributed by atoms with van der Waals surface area (Å²) in [6.07, 6.45) is 6.54. The highest BCUT2D eigenvalue weighted by molar-refractivity contribution is 5.36. The standard InChI is InChI=1S/C12H13NO/c13-12(9-5-4-8-11(12)14)10-6-2-1-3-7-10/h1-9,11,14H,13H2. The van der Waals surface area contributed by atoms with Crippen molar-refractivity contribution < 1.29 is 5.11 Å². The van der Waals surface area contributed by atoms with Crippen molar-refractivity contribution >= 4 is 0 Å². The zero-order valence-electron chi connectivity index (χ0n) is 7.80. The second-order valence-electron chi connectivity index (χ2n) is 3.49. The molecule has 2 nitrogen and oxygen atoms in total. The van der Waals surface area contributed by atoms with E-state index in [9.17, 15) is 5.11 Å². The quantitative estimate of drug-likeness (QED) is 0.696. The van der Waals surface area contributed by atoms with E-state index in [0.29, 0.717) is 0 Å². The molecule has 0 amide bonds. The summed E-state index contributed by atoms with van der Waals surface area (Å²) in [7, 11) is 0. The second kappa shape index (κ2) is 3.40. The zero-order valence-corrected chi connectivity index (χ0v) is 7.80. The van der Waals surface area contributed by atoms with Gasteiger partial charge in [-0.1, -0.05) is 54.6 Å². The first-order valence-corrected chi connectivity index (χ1v) is 4.62. The summed E-state index contributed by atoms with van der Waals surface area (Å²) in [5.74, 6) is 0. The Hall–Kier alpha value is -1.38. The Morgan fingerprint density at radius 3 is 2.50 bits per heavy atom. The highest BCUT2D eigenvalue weighted by atomic mass is 16.3. The van der Waals surface area contributed by atoms with Gasteiger partial charge in [0.05, 0.1) is 11.6 Å². The van der Waals surface area contributed by atoms with E-state index >= 15 is 0 Å². The first-order chi connectivity index (χ1) is 6.73. The van der Waals surface area contributed by atoms with E-state index in [2.05, 4.69) is 0 Å². The molecular formula is C12H13NO. The molecule has 2 rings (SSSR count). The van der Waals surface area contributed by atoms with Crippen molar-refractivity contribution in [2.24, 2.45) is 5.73 Å². The van der Waals surface area contributed by atoms with Crippen molar-refractivity contribution in [3.63, 3.8) is 0 Å². The molecule has 2 unspecified atom stereocenters. The van der Waals surface area contributed by atoms with Crippen LogP contribution in [0.1, 0.15) is 5.56 Å². The first kappa shape index (κ1) is 9.19. The van der Waals surface area contributed by atoms with Crippen LogP contribution in [0, 0.1) is 0 Å². The molecule has 0 fully saturated rings. The van der Waals surface area contributed by atoms with Gasteiger partial charge in [-0.15, -0.1) is 0 Å². The van der Waals surface area contributed by atoms with Crippen LogP contribution in [0.2, 0.25) is 0 Å². The molecule has 2 heteroatoms. The van der Waals surface area contributed by atoms with E-state index in [1.807, 2.05) is 42.5 Å². The van der Waals surface area contributed by atoms with Crippen molar-refractivity contribution in [1.29, 1.82) is 0 Å². The van der Waals surface area contributed by atoms with Crippen molar-refractivity contribution in [3.05, 3.63) is 60.2 Å². The van der Waals surface area contributed by atoms with E-state index in [1.165, 1.54) is 0 Å². The average molecular weight is 187 g/mol. The normalized spacial score (nSPS) is 30.6. The van der Waals surface area contributed by atoms with Gasteiger partial charge in [0.15, 0.2) is 0 Å². The van der Waals surface area contributed by atoms with Crippen molar-refractivity contribution in [1.82, 2.24) is 0 Å². The van der Waals surface area contributed by atoms with E-state index in [1.54, 1.807) is 12.2 Å². The fraction of sp³-hybridized carbons (Fsp3) is 0.167. The maximum Gasteiger partial charge on any atom is 0.0981 e. The number of hydrogen-bond acceptors (Lipinski definition) is 2. The lowest BCUT2D eigenvalue weighted by Crippen LogP contribution is -2.46. The van der Waals surface area contributed by atoms with Crippen LogP contribution in [-0.2, 0) is 5.54 Å². The largest absolute Gasteiger partial charge is 0.386 e. The number of aliphatic hydroxyl groups excluding tert-OH is 1. The van der Waals surface area contributed by atoms with Gasteiger partial charge >= 0.3 is 0 Å². The van der Waals surface area contributed by atoms with Crippen LogP contribution in [0.3, 0.4) is 0 Å². The van der Waals surface area contributed by atoms with Gasteiger partial charge < -0.3 is 10.8 Å². The summed E-state index contributed by atoms with van der Waals surface area (Å²) in [6, 6.07) is 9.62. The molecule has 0 saturated heterocycles. The summed E-state index contributed by atoms with van der Waals surface area (Å²) in [5.41, 5.74) is 6.28. The monoisotopic (exact) mass is 187 g/mol. The van der Waals surface area contributed by atoms with Crippen LogP contribution in [0.25, 0.3) is 0 Å². The van der Waals surface area contributed by atoms with Gasteiger partial charge in [0.25, 0.3) is 0 Å². The van der Waals surface area contributed by atoms with Crippen LogP contribution in [0.4, 0.5) is 0 Å². The summed E-state index contributed by atoms with van der Waals surface area (Å²) in [6.45, 7) is 0. The van der Waals surface area contributed by atoms with Crippen LogP contribution >= 0.6 is 0 Å². The van der Waals surface area contributed by atoms with Crippen LogP contribution in [0.15, 0.2) is 54.6 Å². The maximum atomic E-state index is 9.82. The highest BCUT2D eigenvalue weighted by Gasteiger charge is 2.32. The minimum Gasteiger partial charge on any atom is -0.386 e. The Kier molecular flexibility index (Phi) is 2.23. The lowest BCUT2D eigenvalue weighted by atomic mass is 9.83. The van der Waals surface area contributed by atoms with E-state index in [4.69, 9.17) is 5.73 Å². The predicted octanol–water partition coefficient (Wildman–Crippen LogP) is 1.33. The predicted molar refractivity (Wildman–Crippen MR) is 56.6 cm³/mol. The molecule has 0 bridgehead atoms. The minimum absolute atomic E-state index is 0.658. The topological polar surface area (TPSA) is 46.2 Å². The van der Waals surface area contributed by atoms with Gasteiger partial charge in [0, 0.05) is 0 Å². The smallest absolute Gasteiger partial charge is 0.0981 e. The Labute approximate surface area is 83.4 Å². The van der Waals surface area contributed by atoms with Gasteiger partial charge in [-0.25, -0.2) is 0 Å².